The van der Waals surface area contributed by atoms with Crippen LogP contribution in [-0.4, -0.2) is 36.8 Å². The molecule has 2 rings (SSSR count). The number of hydrogen-bond donors (Lipinski definition) is 1. The van der Waals surface area contributed by atoms with Crippen LogP contribution in [-0.2, 0) is 0 Å². The Balaban J connectivity index is 2.22. The van der Waals surface area contributed by atoms with Crippen molar-refractivity contribution in [2.45, 2.75) is 5.92 Å². The zero-order valence-electron chi connectivity index (χ0n) is 8.86. The predicted octanol–water partition coefficient (Wildman–Crippen LogP) is 2.09. The Bertz CT molecular complexity index is 342. The van der Waals surface area contributed by atoms with E-state index in [2.05, 4.69) is 46.1 Å². The quantitative estimate of drug-likeness (QED) is 0.889. The third kappa shape index (κ3) is 2.41. The molecule has 2 atom stereocenters. The summed E-state index contributed by atoms with van der Waals surface area (Å²) in [6.45, 7) is 2.32. The van der Waals surface area contributed by atoms with Gasteiger partial charge in [-0.3, -0.25) is 0 Å². The van der Waals surface area contributed by atoms with Crippen molar-refractivity contribution in [1.29, 1.82) is 0 Å². The lowest BCUT2D eigenvalue weighted by Crippen LogP contribution is -2.15. The van der Waals surface area contributed by atoms with Gasteiger partial charge in [0.25, 0.3) is 0 Å². The predicted molar refractivity (Wildman–Crippen MR) is 65.0 cm³/mol. The topological polar surface area (TPSA) is 23.5 Å². The lowest BCUT2D eigenvalue weighted by atomic mass is 9.90. The third-order valence-electron chi connectivity index (χ3n) is 3.13. The molecule has 15 heavy (non-hydrogen) atoms. The average molecular weight is 270 g/mol. The largest absolute Gasteiger partial charge is 0.396 e. The molecule has 2 unspecified atom stereocenters. The van der Waals surface area contributed by atoms with Crippen molar-refractivity contribution in [3.05, 3.63) is 34.3 Å². The maximum Gasteiger partial charge on any atom is 0.0477 e. The molecule has 1 aromatic carbocycles. The lowest BCUT2D eigenvalue weighted by Gasteiger charge is -2.16. The molecule has 1 aliphatic rings. The fourth-order valence-corrected chi connectivity index (χ4v) is 2.80. The van der Waals surface area contributed by atoms with Gasteiger partial charge in [0.15, 0.2) is 0 Å². The zero-order valence-corrected chi connectivity index (χ0v) is 10.4. The van der Waals surface area contributed by atoms with E-state index in [1.807, 2.05) is 6.07 Å². The Kier molecular flexibility index (Phi) is 3.44. The van der Waals surface area contributed by atoms with Gasteiger partial charge in [-0.25, -0.2) is 0 Å². The first-order valence-electron chi connectivity index (χ1n) is 5.25. The number of likely N-dealkylation sites (N-methyl/N-ethyl adjacent to an activating group) is 1. The van der Waals surface area contributed by atoms with Crippen LogP contribution in [0.25, 0.3) is 0 Å². The Morgan fingerprint density at radius 1 is 1.47 bits per heavy atom. The van der Waals surface area contributed by atoms with Crippen LogP contribution in [0.3, 0.4) is 0 Å². The molecular weight excluding hydrogens is 254 g/mol. The summed E-state index contributed by atoms with van der Waals surface area (Å²) in [5.74, 6) is 0.849. The first-order valence-corrected chi connectivity index (χ1v) is 6.05. The minimum atomic E-state index is 0.279. The molecule has 1 N–H and O–H groups in total. The minimum absolute atomic E-state index is 0.279. The average Bonchev–Trinajstić information content (AvgIpc) is 2.59. The zero-order chi connectivity index (χ0) is 10.8. The van der Waals surface area contributed by atoms with Gasteiger partial charge in [0.1, 0.15) is 0 Å². The van der Waals surface area contributed by atoms with Crippen molar-refractivity contribution in [3.63, 3.8) is 0 Å². The summed E-state index contributed by atoms with van der Waals surface area (Å²) in [6.07, 6.45) is 0. The first kappa shape index (κ1) is 11.1. The van der Waals surface area contributed by atoms with E-state index in [1.165, 1.54) is 5.56 Å². The molecule has 82 valence electrons. The van der Waals surface area contributed by atoms with E-state index in [-0.39, 0.29) is 6.61 Å². The van der Waals surface area contributed by atoms with Crippen LogP contribution in [0.2, 0.25) is 0 Å². The summed E-state index contributed by atoms with van der Waals surface area (Å²) in [5, 5.41) is 9.35. The smallest absolute Gasteiger partial charge is 0.0477 e. The van der Waals surface area contributed by atoms with Crippen LogP contribution < -0.4 is 0 Å². The van der Waals surface area contributed by atoms with Crippen LogP contribution in [0, 0.1) is 5.92 Å². The van der Waals surface area contributed by atoms with Crippen molar-refractivity contribution in [3.8, 4) is 0 Å². The molecule has 0 bridgehead atoms. The van der Waals surface area contributed by atoms with E-state index in [0.29, 0.717) is 11.8 Å². The highest BCUT2D eigenvalue weighted by atomic mass is 79.9. The van der Waals surface area contributed by atoms with Gasteiger partial charge >= 0.3 is 0 Å². The van der Waals surface area contributed by atoms with Crippen molar-refractivity contribution in [1.82, 2.24) is 4.90 Å². The van der Waals surface area contributed by atoms with E-state index in [4.69, 9.17) is 0 Å². The molecule has 0 amide bonds. The highest BCUT2D eigenvalue weighted by Crippen LogP contribution is 2.32. The van der Waals surface area contributed by atoms with E-state index in [0.717, 1.165) is 17.6 Å². The van der Waals surface area contributed by atoms with Crippen LogP contribution in [0.1, 0.15) is 11.5 Å². The lowest BCUT2D eigenvalue weighted by molar-refractivity contribution is 0.219. The summed E-state index contributed by atoms with van der Waals surface area (Å²) in [6, 6.07) is 8.41. The second kappa shape index (κ2) is 4.64. The van der Waals surface area contributed by atoms with E-state index in [1.54, 1.807) is 0 Å². The van der Waals surface area contributed by atoms with Gasteiger partial charge in [-0.2, -0.15) is 0 Å². The highest BCUT2D eigenvalue weighted by molar-refractivity contribution is 9.10. The van der Waals surface area contributed by atoms with Crippen LogP contribution in [0.15, 0.2) is 28.7 Å². The molecule has 1 heterocycles. The number of benzene rings is 1. The van der Waals surface area contributed by atoms with Gasteiger partial charge in [-0.05, 0) is 24.7 Å². The number of aliphatic hydroxyl groups excluding tert-OH is 1. The second-order valence-corrected chi connectivity index (χ2v) is 5.24. The fraction of sp³-hybridized carbons (Fsp3) is 0.500. The number of rotatable bonds is 2. The standard InChI is InChI=1S/C12H16BrNO/c1-14-6-10(8-15)12(7-14)9-3-2-4-11(13)5-9/h2-5,10,12,15H,6-8H2,1H3. The monoisotopic (exact) mass is 269 g/mol. The molecule has 1 fully saturated rings. The molecule has 0 spiro atoms. The van der Waals surface area contributed by atoms with Crippen LogP contribution in [0.5, 0.6) is 0 Å². The maximum absolute atomic E-state index is 9.35. The number of likely N-dealkylation sites (tertiary alicyclic amines) is 1. The highest BCUT2D eigenvalue weighted by Gasteiger charge is 2.31. The van der Waals surface area contributed by atoms with Crippen molar-refractivity contribution in [2.24, 2.45) is 5.92 Å². The molecule has 0 aliphatic carbocycles. The van der Waals surface area contributed by atoms with Crippen LogP contribution >= 0.6 is 15.9 Å². The molecule has 3 heteroatoms. The third-order valence-corrected chi connectivity index (χ3v) is 3.63. The maximum atomic E-state index is 9.35. The molecule has 0 saturated carbocycles. The summed E-state index contributed by atoms with van der Waals surface area (Å²) >= 11 is 3.49. The number of nitrogens with zero attached hydrogens (tertiary/aromatic N) is 1. The van der Waals surface area contributed by atoms with Gasteiger partial charge in [0.2, 0.25) is 0 Å². The van der Waals surface area contributed by atoms with E-state index < -0.39 is 0 Å². The summed E-state index contributed by atoms with van der Waals surface area (Å²) in [7, 11) is 2.11. The van der Waals surface area contributed by atoms with E-state index >= 15 is 0 Å². The SMILES string of the molecule is CN1CC(CO)C(c2cccc(Br)c2)C1. The number of hydrogen-bond acceptors (Lipinski definition) is 2. The number of halogens is 1. The summed E-state index contributed by atoms with van der Waals surface area (Å²) in [5.41, 5.74) is 1.33. The van der Waals surface area contributed by atoms with Gasteiger partial charge in [0.05, 0.1) is 0 Å². The Hall–Kier alpha value is -0.380. The first-order chi connectivity index (χ1) is 7.20. The van der Waals surface area contributed by atoms with E-state index in [9.17, 15) is 5.11 Å². The van der Waals surface area contributed by atoms with Gasteiger partial charge in [-0.1, -0.05) is 28.1 Å². The van der Waals surface area contributed by atoms with Crippen molar-refractivity contribution in [2.75, 3.05) is 26.7 Å². The van der Waals surface area contributed by atoms with Crippen molar-refractivity contribution < 1.29 is 5.11 Å². The van der Waals surface area contributed by atoms with Gasteiger partial charge < -0.3 is 10.0 Å². The normalized spacial score (nSPS) is 27.1. The van der Waals surface area contributed by atoms with Gasteiger partial charge in [-0.15, -0.1) is 0 Å². The Labute approximate surface area is 99.0 Å². The minimum Gasteiger partial charge on any atom is -0.396 e. The summed E-state index contributed by atoms with van der Waals surface area (Å²) in [4.78, 5) is 2.28. The molecule has 0 radical (unpaired) electrons. The Morgan fingerprint density at radius 2 is 2.27 bits per heavy atom. The molecule has 1 aliphatic heterocycles. The molecule has 0 aromatic heterocycles. The van der Waals surface area contributed by atoms with Gasteiger partial charge in [0, 0.05) is 36.0 Å². The fourth-order valence-electron chi connectivity index (χ4n) is 2.39. The molecule has 2 nitrogen and oxygen atoms in total. The molecular formula is C12H16BrNO. The van der Waals surface area contributed by atoms with Crippen LogP contribution in [0.4, 0.5) is 0 Å². The Morgan fingerprint density at radius 3 is 2.93 bits per heavy atom. The number of aliphatic hydroxyl groups is 1. The van der Waals surface area contributed by atoms with Crippen molar-refractivity contribution >= 4 is 15.9 Å². The summed E-state index contributed by atoms with van der Waals surface area (Å²) < 4.78 is 1.12. The molecule has 1 saturated heterocycles. The molecule has 1 aromatic rings. The second-order valence-electron chi connectivity index (χ2n) is 4.33.